The Bertz CT molecular complexity index is 1050. The van der Waals surface area contributed by atoms with Crippen LogP contribution in [0.15, 0.2) is 61.1 Å². The highest BCUT2D eigenvalue weighted by Crippen LogP contribution is 2.25. The zero-order valence-corrected chi connectivity index (χ0v) is 15.1. The van der Waals surface area contributed by atoms with Crippen molar-refractivity contribution in [3.8, 4) is 5.69 Å². The van der Waals surface area contributed by atoms with Crippen molar-refractivity contribution in [2.75, 3.05) is 5.32 Å². The van der Waals surface area contributed by atoms with E-state index < -0.39 is 0 Å². The van der Waals surface area contributed by atoms with Gasteiger partial charge in [0.1, 0.15) is 12.1 Å². The maximum absolute atomic E-state index is 4.52. The van der Waals surface area contributed by atoms with Gasteiger partial charge in [-0.25, -0.2) is 14.6 Å². The summed E-state index contributed by atoms with van der Waals surface area (Å²) in [5, 5.41) is 8.80. The largest absolute Gasteiger partial charge is 0.340 e. The van der Waals surface area contributed by atoms with Crippen molar-refractivity contribution >= 4 is 22.5 Å². The van der Waals surface area contributed by atoms with Crippen molar-refractivity contribution in [2.24, 2.45) is 0 Å². The van der Waals surface area contributed by atoms with Crippen LogP contribution in [0.1, 0.15) is 30.9 Å². The number of fused-ring (bicyclic) bond motifs is 1. The summed E-state index contributed by atoms with van der Waals surface area (Å²) in [5.74, 6) is 1.27. The van der Waals surface area contributed by atoms with Crippen molar-refractivity contribution in [1.82, 2.24) is 19.7 Å². The van der Waals surface area contributed by atoms with Gasteiger partial charge in [-0.1, -0.05) is 38.1 Å². The number of hydrogen-bond acceptors (Lipinski definition) is 4. The summed E-state index contributed by atoms with van der Waals surface area (Å²) in [6.07, 6.45) is 3.38. The number of rotatable bonds is 4. The number of hydrogen-bond donors (Lipinski definition) is 1. The Morgan fingerprint density at radius 2 is 1.81 bits per heavy atom. The Hall–Kier alpha value is -3.21. The molecule has 0 aliphatic rings. The van der Waals surface area contributed by atoms with Crippen LogP contribution in [-0.4, -0.2) is 19.7 Å². The molecule has 130 valence electrons. The van der Waals surface area contributed by atoms with E-state index in [-0.39, 0.29) is 0 Å². The summed E-state index contributed by atoms with van der Waals surface area (Å²) in [6, 6.07) is 16.6. The normalized spacial score (nSPS) is 11.2. The molecule has 1 N–H and O–H groups in total. The molecule has 0 amide bonds. The van der Waals surface area contributed by atoms with E-state index >= 15 is 0 Å². The van der Waals surface area contributed by atoms with Gasteiger partial charge < -0.3 is 5.32 Å². The molecular formula is C21H21N5. The van der Waals surface area contributed by atoms with E-state index in [1.54, 1.807) is 6.33 Å². The minimum atomic E-state index is 0.516. The highest BCUT2D eigenvalue weighted by Gasteiger charge is 2.11. The lowest BCUT2D eigenvalue weighted by Gasteiger charge is -2.09. The summed E-state index contributed by atoms with van der Waals surface area (Å²) in [5.41, 5.74) is 5.27. The molecule has 2 aromatic heterocycles. The predicted molar refractivity (Wildman–Crippen MR) is 105 cm³/mol. The van der Waals surface area contributed by atoms with Crippen LogP contribution < -0.4 is 5.32 Å². The van der Waals surface area contributed by atoms with E-state index in [1.165, 1.54) is 11.1 Å². The van der Waals surface area contributed by atoms with Crippen LogP contribution in [0.5, 0.6) is 0 Å². The smallest absolute Gasteiger partial charge is 0.168 e. The van der Waals surface area contributed by atoms with E-state index in [1.807, 2.05) is 23.0 Å². The van der Waals surface area contributed by atoms with Crippen LogP contribution in [-0.2, 0) is 0 Å². The van der Waals surface area contributed by atoms with E-state index in [2.05, 4.69) is 77.6 Å². The van der Waals surface area contributed by atoms with Crippen molar-refractivity contribution in [3.05, 3.63) is 72.2 Å². The first-order valence-corrected chi connectivity index (χ1v) is 8.74. The van der Waals surface area contributed by atoms with Crippen molar-refractivity contribution in [1.29, 1.82) is 0 Å². The van der Waals surface area contributed by atoms with Crippen LogP contribution in [0, 0.1) is 6.92 Å². The lowest BCUT2D eigenvalue weighted by atomic mass is 10.0. The van der Waals surface area contributed by atoms with Gasteiger partial charge in [0.15, 0.2) is 5.65 Å². The maximum Gasteiger partial charge on any atom is 0.168 e. The van der Waals surface area contributed by atoms with Crippen LogP contribution in [0.25, 0.3) is 16.7 Å². The van der Waals surface area contributed by atoms with Gasteiger partial charge >= 0.3 is 0 Å². The molecule has 4 rings (SSSR count). The zero-order chi connectivity index (χ0) is 18.1. The molecule has 0 aliphatic heterocycles. The third-order valence-electron chi connectivity index (χ3n) is 4.45. The van der Waals surface area contributed by atoms with Gasteiger partial charge in [0.2, 0.25) is 0 Å². The predicted octanol–water partition coefficient (Wildman–Crippen LogP) is 4.99. The number of benzene rings is 2. The van der Waals surface area contributed by atoms with Gasteiger partial charge in [0, 0.05) is 5.69 Å². The fraction of sp³-hybridized carbons (Fsp3) is 0.190. The SMILES string of the molecule is Cc1cccc(-n2ncc3c(Nc4ccc(C(C)C)cc4)ncnc32)c1. The minimum Gasteiger partial charge on any atom is -0.340 e. The van der Waals surface area contributed by atoms with Gasteiger partial charge in [0.25, 0.3) is 0 Å². The quantitative estimate of drug-likeness (QED) is 0.567. The molecule has 0 spiro atoms. The van der Waals surface area contributed by atoms with Gasteiger partial charge in [-0.05, 0) is 48.2 Å². The first-order valence-electron chi connectivity index (χ1n) is 8.74. The Balaban J connectivity index is 1.71. The molecule has 4 aromatic rings. The minimum absolute atomic E-state index is 0.516. The Morgan fingerprint density at radius 1 is 1.00 bits per heavy atom. The van der Waals surface area contributed by atoms with Crippen molar-refractivity contribution < 1.29 is 0 Å². The molecule has 0 bridgehead atoms. The average molecular weight is 343 g/mol. The first kappa shape index (κ1) is 16.3. The fourth-order valence-corrected chi connectivity index (χ4v) is 2.98. The third-order valence-corrected chi connectivity index (χ3v) is 4.45. The highest BCUT2D eigenvalue weighted by molar-refractivity contribution is 5.89. The topological polar surface area (TPSA) is 55.6 Å². The van der Waals surface area contributed by atoms with Gasteiger partial charge in [-0.3, -0.25) is 0 Å². The molecule has 0 aliphatic carbocycles. The molecule has 5 nitrogen and oxygen atoms in total. The third kappa shape index (κ3) is 3.04. The fourth-order valence-electron chi connectivity index (χ4n) is 2.98. The number of anilines is 2. The molecule has 0 atom stereocenters. The summed E-state index contributed by atoms with van der Waals surface area (Å²) in [6.45, 7) is 6.45. The Kier molecular flexibility index (Phi) is 4.13. The summed E-state index contributed by atoms with van der Waals surface area (Å²) in [4.78, 5) is 8.84. The second-order valence-electron chi connectivity index (χ2n) is 6.76. The van der Waals surface area contributed by atoms with Gasteiger partial charge in [-0.15, -0.1) is 0 Å². The summed E-state index contributed by atoms with van der Waals surface area (Å²) in [7, 11) is 0. The molecular weight excluding hydrogens is 322 g/mol. The number of nitrogens with zero attached hydrogens (tertiary/aromatic N) is 4. The van der Waals surface area contributed by atoms with Crippen LogP contribution in [0.3, 0.4) is 0 Å². The number of nitrogens with one attached hydrogen (secondary N) is 1. The molecule has 0 unspecified atom stereocenters. The molecule has 26 heavy (non-hydrogen) atoms. The van der Waals surface area contributed by atoms with Crippen molar-refractivity contribution in [2.45, 2.75) is 26.7 Å². The molecule has 0 radical (unpaired) electrons. The van der Waals surface area contributed by atoms with Crippen LogP contribution >= 0.6 is 0 Å². The number of aryl methyl sites for hydroxylation is 1. The second-order valence-corrected chi connectivity index (χ2v) is 6.76. The van der Waals surface area contributed by atoms with Crippen LogP contribution in [0.2, 0.25) is 0 Å². The summed E-state index contributed by atoms with van der Waals surface area (Å²) >= 11 is 0. The number of aromatic nitrogens is 4. The Labute approximate surface area is 152 Å². The van der Waals surface area contributed by atoms with Gasteiger partial charge in [-0.2, -0.15) is 5.10 Å². The monoisotopic (exact) mass is 343 g/mol. The highest BCUT2D eigenvalue weighted by atomic mass is 15.3. The zero-order valence-electron chi connectivity index (χ0n) is 15.1. The molecule has 2 aromatic carbocycles. The lowest BCUT2D eigenvalue weighted by Crippen LogP contribution is -2.00. The standard InChI is InChI=1S/C21H21N5/c1-14(2)16-7-9-17(10-8-16)25-20-19-12-24-26(21(19)23-13-22-20)18-6-4-5-15(3)11-18/h4-14H,1-3H3,(H,22,23,25). The molecule has 0 fully saturated rings. The van der Waals surface area contributed by atoms with Crippen LogP contribution in [0.4, 0.5) is 11.5 Å². The van der Waals surface area contributed by atoms with Crippen molar-refractivity contribution in [3.63, 3.8) is 0 Å². The van der Waals surface area contributed by atoms with E-state index in [0.717, 1.165) is 28.2 Å². The summed E-state index contributed by atoms with van der Waals surface area (Å²) < 4.78 is 1.84. The molecule has 0 saturated carbocycles. The van der Waals surface area contributed by atoms with Gasteiger partial charge in [0.05, 0.1) is 17.3 Å². The van der Waals surface area contributed by atoms with E-state index in [0.29, 0.717) is 5.92 Å². The molecule has 2 heterocycles. The lowest BCUT2D eigenvalue weighted by molar-refractivity contribution is 0.867. The van der Waals surface area contributed by atoms with E-state index in [4.69, 9.17) is 0 Å². The molecule has 0 saturated heterocycles. The Morgan fingerprint density at radius 3 is 2.54 bits per heavy atom. The average Bonchev–Trinajstić information content (AvgIpc) is 3.07. The molecule has 5 heteroatoms. The first-order chi connectivity index (χ1) is 12.6. The van der Waals surface area contributed by atoms with E-state index in [9.17, 15) is 0 Å². The maximum atomic E-state index is 4.52. The second kappa shape index (κ2) is 6.59.